The number of halogens is 3. The van der Waals surface area contributed by atoms with Crippen molar-refractivity contribution in [2.24, 2.45) is 0 Å². The van der Waals surface area contributed by atoms with Crippen LogP contribution in [0.4, 0.5) is 13.2 Å². The second kappa shape index (κ2) is 6.48. The van der Waals surface area contributed by atoms with Crippen LogP contribution in [0.1, 0.15) is 5.56 Å². The van der Waals surface area contributed by atoms with Gasteiger partial charge in [-0.3, -0.25) is 0 Å². The van der Waals surface area contributed by atoms with Gasteiger partial charge in [0.15, 0.2) is 0 Å². The van der Waals surface area contributed by atoms with E-state index in [-0.39, 0.29) is 11.1 Å². The van der Waals surface area contributed by atoms with E-state index < -0.39 is 12.1 Å². The van der Waals surface area contributed by atoms with Gasteiger partial charge in [0.1, 0.15) is 17.2 Å². The molecule has 0 unspecified atom stereocenters. The first kappa shape index (κ1) is 16.5. The zero-order valence-corrected chi connectivity index (χ0v) is 12.3. The Morgan fingerprint density at radius 1 is 0.913 bits per heavy atom. The number of nitrogens with zero attached hydrogens (tertiary/aromatic N) is 1. The van der Waals surface area contributed by atoms with Crippen molar-refractivity contribution in [2.75, 3.05) is 14.2 Å². The molecule has 2 aromatic rings. The lowest BCUT2D eigenvalue weighted by Gasteiger charge is -2.13. The van der Waals surface area contributed by atoms with Crippen LogP contribution in [-0.4, -0.2) is 20.6 Å². The molecule has 0 bridgehead atoms. The van der Waals surface area contributed by atoms with Gasteiger partial charge < -0.3 is 14.2 Å². The van der Waals surface area contributed by atoms with E-state index in [1.807, 2.05) is 6.07 Å². The van der Waals surface area contributed by atoms with E-state index in [1.54, 1.807) is 18.2 Å². The Bertz CT molecular complexity index is 729. The van der Waals surface area contributed by atoms with Gasteiger partial charge in [-0.15, -0.1) is 13.2 Å². The number of alkyl halides is 3. The lowest BCUT2D eigenvalue weighted by molar-refractivity contribution is -0.274. The summed E-state index contributed by atoms with van der Waals surface area (Å²) >= 11 is 0. The van der Waals surface area contributed by atoms with Gasteiger partial charge in [0.05, 0.1) is 25.9 Å². The summed E-state index contributed by atoms with van der Waals surface area (Å²) in [6, 6.07) is 10.3. The fourth-order valence-corrected chi connectivity index (χ4v) is 2.02. The van der Waals surface area contributed by atoms with Crippen LogP contribution < -0.4 is 14.2 Å². The smallest absolute Gasteiger partial charge is 0.497 e. The second-order valence-corrected chi connectivity index (χ2v) is 4.47. The van der Waals surface area contributed by atoms with Crippen LogP contribution in [-0.2, 0) is 0 Å². The Balaban J connectivity index is 2.57. The van der Waals surface area contributed by atoms with Gasteiger partial charge in [-0.05, 0) is 35.9 Å². The molecule has 0 fully saturated rings. The Labute approximate surface area is 130 Å². The molecule has 0 aliphatic rings. The van der Waals surface area contributed by atoms with E-state index >= 15 is 0 Å². The van der Waals surface area contributed by atoms with E-state index in [9.17, 15) is 18.4 Å². The Morgan fingerprint density at radius 2 is 1.52 bits per heavy atom. The summed E-state index contributed by atoms with van der Waals surface area (Å²) in [7, 11) is 2.90. The van der Waals surface area contributed by atoms with Crippen molar-refractivity contribution in [3.63, 3.8) is 0 Å². The Morgan fingerprint density at radius 3 is 2.00 bits per heavy atom. The average molecular weight is 323 g/mol. The van der Waals surface area contributed by atoms with Gasteiger partial charge >= 0.3 is 6.36 Å². The van der Waals surface area contributed by atoms with Gasteiger partial charge in [-0.2, -0.15) is 5.26 Å². The molecular weight excluding hydrogens is 311 g/mol. The predicted octanol–water partition coefficient (Wildman–Crippen LogP) is 4.14. The topological polar surface area (TPSA) is 51.5 Å². The van der Waals surface area contributed by atoms with Gasteiger partial charge in [-0.25, -0.2) is 0 Å². The minimum Gasteiger partial charge on any atom is -0.497 e. The summed E-state index contributed by atoms with van der Waals surface area (Å²) in [5.41, 5.74) is 0.964. The molecule has 0 aliphatic carbocycles. The molecule has 0 saturated heterocycles. The van der Waals surface area contributed by atoms with Crippen molar-refractivity contribution in [3.05, 3.63) is 42.0 Å². The number of ether oxygens (including phenoxy) is 3. The molecule has 0 saturated carbocycles. The summed E-state index contributed by atoms with van der Waals surface area (Å²) < 4.78 is 51.3. The highest BCUT2D eigenvalue weighted by Crippen LogP contribution is 2.34. The van der Waals surface area contributed by atoms with Crippen LogP contribution >= 0.6 is 0 Å². The van der Waals surface area contributed by atoms with Crippen molar-refractivity contribution >= 4 is 0 Å². The monoisotopic (exact) mass is 323 g/mol. The number of hydrogen-bond acceptors (Lipinski definition) is 4. The van der Waals surface area contributed by atoms with Crippen molar-refractivity contribution in [2.45, 2.75) is 6.36 Å². The molecule has 120 valence electrons. The molecule has 0 spiro atoms. The normalized spacial score (nSPS) is 10.8. The third-order valence-corrected chi connectivity index (χ3v) is 3.01. The first-order valence-electron chi connectivity index (χ1n) is 6.39. The Hall–Kier alpha value is -2.88. The molecule has 2 rings (SSSR count). The molecule has 7 heteroatoms. The molecule has 0 atom stereocenters. The summed E-state index contributed by atoms with van der Waals surface area (Å²) in [5, 5.41) is 9.18. The summed E-state index contributed by atoms with van der Waals surface area (Å²) in [5.74, 6) is 0.490. The lowest BCUT2D eigenvalue weighted by atomic mass is 9.99. The number of nitriles is 1. The van der Waals surface area contributed by atoms with Crippen molar-refractivity contribution in [1.82, 2.24) is 0 Å². The maximum absolute atomic E-state index is 12.4. The number of benzene rings is 2. The quantitative estimate of drug-likeness (QED) is 0.848. The second-order valence-electron chi connectivity index (χ2n) is 4.47. The molecule has 0 N–H and O–H groups in total. The van der Waals surface area contributed by atoms with Crippen LogP contribution in [0.25, 0.3) is 11.1 Å². The SMILES string of the molecule is COc1cc(OC)cc(-c2cc(OC(F)(F)F)ccc2C#N)c1. The third-order valence-electron chi connectivity index (χ3n) is 3.01. The fraction of sp³-hybridized carbons (Fsp3) is 0.188. The minimum absolute atomic E-state index is 0.204. The molecule has 2 aromatic carbocycles. The van der Waals surface area contributed by atoms with E-state index in [4.69, 9.17) is 9.47 Å². The number of hydrogen-bond donors (Lipinski definition) is 0. The first-order chi connectivity index (χ1) is 10.9. The third kappa shape index (κ3) is 4.07. The van der Waals surface area contributed by atoms with Crippen LogP contribution in [0.5, 0.6) is 17.2 Å². The standard InChI is InChI=1S/C16H12F3NO3/c1-21-13-5-11(6-14(7-13)22-2)15-8-12(23-16(17,18)19)4-3-10(15)9-20/h3-8H,1-2H3. The van der Waals surface area contributed by atoms with Crippen molar-refractivity contribution in [1.29, 1.82) is 5.26 Å². The molecule has 0 heterocycles. The van der Waals surface area contributed by atoms with Crippen LogP contribution in [0.15, 0.2) is 36.4 Å². The molecule has 0 aromatic heterocycles. The number of rotatable bonds is 4. The Kier molecular flexibility index (Phi) is 4.65. The van der Waals surface area contributed by atoms with Gasteiger partial charge in [0.25, 0.3) is 0 Å². The maximum atomic E-state index is 12.4. The van der Waals surface area contributed by atoms with Crippen molar-refractivity contribution < 1.29 is 27.4 Å². The summed E-state index contributed by atoms with van der Waals surface area (Å²) in [4.78, 5) is 0. The highest BCUT2D eigenvalue weighted by molar-refractivity contribution is 5.74. The van der Waals surface area contributed by atoms with E-state index in [0.717, 1.165) is 12.1 Å². The molecule has 0 amide bonds. The van der Waals surface area contributed by atoms with E-state index in [1.165, 1.54) is 20.3 Å². The lowest BCUT2D eigenvalue weighted by Crippen LogP contribution is -2.17. The van der Waals surface area contributed by atoms with Crippen molar-refractivity contribution in [3.8, 4) is 34.4 Å². The van der Waals surface area contributed by atoms with Gasteiger partial charge in [0, 0.05) is 11.6 Å². The van der Waals surface area contributed by atoms with E-state index in [2.05, 4.69) is 4.74 Å². The highest BCUT2D eigenvalue weighted by Gasteiger charge is 2.31. The van der Waals surface area contributed by atoms with Gasteiger partial charge in [-0.1, -0.05) is 0 Å². The minimum atomic E-state index is -4.81. The summed E-state index contributed by atoms with van der Waals surface area (Å²) in [6.45, 7) is 0. The maximum Gasteiger partial charge on any atom is 0.573 e. The highest BCUT2D eigenvalue weighted by atomic mass is 19.4. The average Bonchev–Trinajstić information content (AvgIpc) is 2.52. The van der Waals surface area contributed by atoms with Crippen LogP contribution in [0.2, 0.25) is 0 Å². The van der Waals surface area contributed by atoms with Crippen LogP contribution in [0.3, 0.4) is 0 Å². The fourth-order valence-electron chi connectivity index (χ4n) is 2.02. The summed E-state index contributed by atoms with van der Waals surface area (Å²) in [6.07, 6.45) is -4.81. The molecular formula is C16H12F3NO3. The molecule has 4 nitrogen and oxygen atoms in total. The zero-order valence-electron chi connectivity index (χ0n) is 12.3. The molecule has 0 aliphatic heterocycles. The molecule has 0 radical (unpaired) electrons. The predicted molar refractivity (Wildman–Crippen MR) is 76.4 cm³/mol. The first-order valence-corrected chi connectivity index (χ1v) is 6.39. The zero-order chi connectivity index (χ0) is 17.0. The van der Waals surface area contributed by atoms with Crippen LogP contribution in [0, 0.1) is 11.3 Å². The van der Waals surface area contributed by atoms with Gasteiger partial charge in [0.2, 0.25) is 0 Å². The number of methoxy groups -OCH3 is 2. The largest absolute Gasteiger partial charge is 0.573 e. The molecule has 23 heavy (non-hydrogen) atoms. The van der Waals surface area contributed by atoms with E-state index in [0.29, 0.717) is 17.1 Å².